The number of nitriles is 1. The van der Waals surface area contributed by atoms with Crippen LogP contribution in [0.1, 0.15) is 28.3 Å². The molecule has 0 bridgehead atoms. The van der Waals surface area contributed by atoms with E-state index < -0.39 is 0 Å². The first-order valence-corrected chi connectivity index (χ1v) is 8.80. The number of hydrogen-bond acceptors (Lipinski definition) is 3. The second-order valence-electron chi connectivity index (χ2n) is 6.50. The molecule has 27 heavy (non-hydrogen) atoms. The Kier molecular flexibility index (Phi) is 4.31. The van der Waals surface area contributed by atoms with Gasteiger partial charge in [0.2, 0.25) is 0 Å². The summed E-state index contributed by atoms with van der Waals surface area (Å²) in [4.78, 5) is 7.76. The lowest BCUT2D eigenvalue weighted by atomic mass is 10.1. The Hall–Kier alpha value is -3.65. The van der Waals surface area contributed by atoms with Crippen LogP contribution in [0.2, 0.25) is 0 Å². The largest absolute Gasteiger partial charge is 0.337 e. The van der Waals surface area contributed by atoms with Gasteiger partial charge in [-0.1, -0.05) is 42.5 Å². The summed E-state index contributed by atoms with van der Waals surface area (Å²) in [7, 11) is 0. The number of H-pyrrole nitrogens is 1. The van der Waals surface area contributed by atoms with Crippen LogP contribution in [-0.4, -0.2) is 19.7 Å². The molecule has 0 saturated carbocycles. The minimum absolute atomic E-state index is 0.497. The van der Waals surface area contributed by atoms with Gasteiger partial charge in [0, 0.05) is 11.3 Å². The predicted octanol–water partition coefficient (Wildman–Crippen LogP) is 4.49. The molecule has 0 radical (unpaired) electrons. The van der Waals surface area contributed by atoms with Crippen molar-refractivity contribution in [2.45, 2.75) is 20.4 Å². The number of benzene rings is 2. The summed E-state index contributed by atoms with van der Waals surface area (Å²) in [5.74, 6) is 0.577. The molecular formula is C22H19N5. The Bertz CT molecular complexity index is 1140. The number of rotatable bonds is 4. The van der Waals surface area contributed by atoms with E-state index in [-0.39, 0.29) is 0 Å². The molecule has 0 aliphatic rings. The molecule has 5 nitrogen and oxygen atoms in total. The van der Waals surface area contributed by atoms with E-state index in [9.17, 15) is 5.26 Å². The van der Waals surface area contributed by atoms with Crippen molar-refractivity contribution in [2.24, 2.45) is 0 Å². The van der Waals surface area contributed by atoms with Crippen LogP contribution in [0.3, 0.4) is 0 Å². The third-order valence-electron chi connectivity index (χ3n) is 4.67. The zero-order chi connectivity index (χ0) is 18.8. The van der Waals surface area contributed by atoms with E-state index >= 15 is 0 Å². The third-order valence-corrected chi connectivity index (χ3v) is 4.67. The van der Waals surface area contributed by atoms with E-state index in [1.165, 1.54) is 5.56 Å². The third kappa shape index (κ3) is 3.25. The van der Waals surface area contributed by atoms with Crippen molar-refractivity contribution in [3.63, 3.8) is 0 Å². The van der Waals surface area contributed by atoms with Gasteiger partial charge in [0.15, 0.2) is 0 Å². The van der Waals surface area contributed by atoms with Crippen molar-refractivity contribution in [3.05, 3.63) is 82.9 Å². The minimum Gasteiger partial charge on any atom is -0.337 e. The number of fused-ring (bicyclic) bond motifs is 1. The normalized spacial score (nSPS) is 11.7. The molecule has 1 N–H and O–H groups in total. The van der Waals surface area contributed by atoms with Crippen molar-refractivity contribution in [1.29, 1.82) is 5.26 Å². The van der Waals surface area contributed by atoms with Gasteiger partial charge in [-0.15, -0.1) is 0 Å². The van der Waals surface area contributed by atoms with Gasteiger partial charge in [-0.3, -0.25) is 4.68 Å². The lowest BCUT2D eigenvalue weighted by molar-refractivity contribution is 0.659. The molecule has 4 rings (SSSR count). The molecule has 0 fully saturated rings. The Morgan fingerprint density at radius 3 is 2.59 bits per heavy atom. The number of aryl methyl sites for hydroxylation is 1. The summed E-state index contributed by atoms with van der Waals surface area (Å²) >= 11 is 0. The van der Waals surface area contributed by atoms with Crippen LogP contribution < -0.4 is 0 Å². The van der Waals surface area contributed by atoms with Crippen LogP contribution in [0.4, 0.5) is 0 Å². The second-order valence-corrected chi connectivity index (χ2v) is 6.50. The van der Waals surface area contributed by atoms with Crippen LogP contribution in [0.5, 0.6) is 0 Å². The van der Waals surface area contributed by atoms with Crippen molar-refractivity contribution in [1.82, 2.24) is 19.7 Å². The van der Waals surface area contributed by atoms with Crippen LogP contribution in [-0.2, 0) is 6.54 Å². The number of aromatic amines is 1. The van der Waals surface area contributed by atoms with Gasteiger partial charge in [-0.05, 0) is 37.6 Å². The van der Waals surface area contributed by atoms with Gasteiger partial charge >= 0.3 is 0 Å². The van der Waals surface area contributed by atoms with Crippen LogP contribution in [0.15, 0.2) is 54.6 Å². The maximum atomic E-state index is 9.68. The van der Waals surface area contributed by atoms with E-state index in [0.29, 0.717) is 17.9 Å². The summed E-state index contributed by atoms with van der Waals surface area (Å²) in [6.07, 6.45) is 1.87. The van der Waals surface area contributed by atoms with Crippen LogP contribution in [0, 0.1) is 25.2 Å². The number of allylic oxidation sites excluding steroid dienone is 1. The molecule has 0 saturated heterocycles. The highest BCUT2D eigenvalue weighted by Crippen LogP contribution is 2.23. The molecule has 2 aromatic heterocycles. The molecule has 132 valence electrons. The van der Waals surface area contributed by atoms with Crippen molar-refractivity contribution in [2.75, 3.05) is 0 Å². The molecule has 2 heterocycles. The topological polar surface area (TPSA) is 70.3 Å². The van der Waals surface area contributed by atoms with Gasteiger partial charge < -0.3 is 4.98 Å². The summed E-state index contributed by atoms with van der Waals surface area (Å²) in [6.45, 7) is 4.70. The first-order chi connectivity index (χ1) is 13.2. The lowest BCUT2D eigenvalue weighted by Gasteiger charge is -2.04. The van der Waals surface area contributed by atoms with E-state index in [4.69, 9.17) is 0 Å². The number of hydrogen-bond donors (Lipinski definition) is 1. The Balaban J connectivity index is 1.72. The van der Waals surface area contributed by atoms with Crippen LogP contribution >= 0.6 is 0 Å². The fraction of sp³-hybridized carbons (Fsp3) is 0.136. The average molecular weight is 353 g/mol. The monoisotopic (exact) mass is 353 g/mol. The fourth-order valence-corrected chi connectivity index (χ4v) is 3.21. The first-order valence-electron chi connectivity index (χ1n) is 8.80. The summed E-state index contributed by atoms with van der Waals surface area (Å²) in [5.41, 5.74) is 6.34. The zero-order valence-electron chi connectivity index (χ0n) is 15.3. The van der Waals surface area contributed by atoms with Crippen molar-refractivity contribution in [3.8, 4) is 6.07 Å². The maximum absolute atomic E-state index is 9.68. The Labute approximate surface area is 157 Å². The highest BCUT2D eigenvalue weighted by molar-refractivity contribution is 5.90. The van der Waals surface area contributed by atoms with Crippen molar-refractivity contribution >= 4 is 22.7 Å². The Morgan fingerprint density at radius 2 is 1.85 bits per heavy atom. The quantitative estimate of drug-likeness (QED) is 0.550. The zero-order valence-corrected chi connectivity index (χ0v) is 15.3. The minimum atomic E-state index is 0.497. The maximum Gasteiger partial charge on any atom is 0.149 e. The van der Waals surface area contributed by atoms with Gasteiger partial charge in [0.25, 0.3) is 0 Å². The molecular weight excluding hydrogens is 334 g/mol. The molecule has 0 unspecified atom stereocenters. The molecule has 5 heteroatoms. The molecule has 0 atom stereocenters. The summed E-state index contributed by atoms with van der Waals surface area (Å²) in [5, 5.41) is 14.3. The number of aromatic nitrogens is 4. The van der Waals surface area contributed by atoms with Crippen LogP contribution in [0.25, 0.3) is 22.7 Å². The van der Waals surface area contributed by atoms with E-state index in [2.05, 4.69) is 33.3 Å². The summed E-state index contributed by atoms with van der Waals surface area (Å²) in [6, 6.07) is 20.3. The SMILES string of the molecule is Cc1nn(Cc2ccccc2)c(C)c1/C=C(\C#N)c1nc2ccccc2[nH]1. The number of imidazole rings is 1. The summed E-state index contributed by atoms with van der Waals surface area (Å²) < 4.78 is 1.98. The highest BCUT2D eigenvalue weighted by Gasteiger charge is 2.13. The first kappa shape index (κ1) is 16.8. The average Bonchev–Trinajstić information content (AvgIpc) is 3.22. The van der Waals surface area contributed by atoms with E-state index in [1.807, 2.05) is 67.1 Å². The Morgan fingerprint density at radius 1 is 1.11 bits per heavy atom. The highest BCUT2D eigenvalue weighted by atomic mass is 15.3. The second kappa shape index (κ2) is 6.93. The molecule has 4 aromatic rings. The van der Waals surface area contributed by atoms with Gasteiger partial charge in [0.1, 0.15) is 11.9 Å². The van der Waals surface area contributed by atoms with Gasteiger partial charge in [-0.25, -0.2) is 4.98 Å². The van der Waals surface area contributed by atoms with Gasteiger partial charge in [0.05, 0.1) is 28.8 Å². The molecule has 0 aliphatic carbocycles. The van der Waals surface area contributed by atoms with E-state index in [0.717, 1.165) is 28.0 Å². The van der Waals surface area contributed by atoms with Crippen molar-refractivity contribution < 1.29 is 0 Å². The smallest absolute Gasteiger partial charge is 0.149 e. The fourth-order valence-electron chi connectivity index (χ4n) is 3.21. The molecule has 0 aliphatic heterocycles. The van der Waals surface area contributed by atoms with E-state index in [1.54, 1.807) is 0 Å². The predicted molar refractivity (Wildman–Crippen MR) is 107 cm³/mol. The number of nitrogens with one attached hydrogen (secondary N) is 1. The standard InChI is InChI=1S/C22H19N5/c1-15-19(16(2)27(26-15)14-17-8-4-3-5-9-17)12-18(13-23)22-24-20-10-6-7-11-21(20)25-22/h3-12H,14H2,1-2H3,(H,24,25)/b18-12+. The molecule has 2 aromatic carbocycles. The lowest BCUT2D eigenvalue weighted by Crippen LogP contribution is -2.03. The molecule has 0 amide bonds. The number of para-hydroxylation sites is 2. The van der Waals surface area contributed by atoms with Gasteiger partial charge in [-0.2, -0.15) is 10.4 Å². The number of nitrogens with zero attached hydrogens (tertiary/aromatic N) is 4. The molecule has 0 spiro atoms.